The number of benzene rings is 1. The fraction of sp³-hybridized carbons (Fsp3) is 0.556. The molecule has 0 aromatic heterocycles. The minimum absolute atomic E-state index is 0. The molecule has 146 valence electrons. The third-order valence-electron chi connectivity index (χ3n) is 4.51. The topological polar surface area (TPSA) is 63.2 Å². The quantitative estimate of drug-likeness (QED) is 0.305. The Bertz CT molecular complexity index is 590. The van der Waals surface area contributed by atoms with Crippen LogP contribution in [0.2, 0.25) is 0 Å². The number of nitrogens with zero attached hydrogens (tertiary/aromatic N) is 2. The van der Waals surface area contributed by atoms with Crippen molar-refractivity contribution >= 4 is 35.9 Å². The lowest BCUT2D eigenvalue weighted by molar-refractivity contribution is -0.146. The fourth-order valence-corrected chi connectivity index (χ4v) is 3.02. The van der Waals surface area contributed by atoms with Crippen LogP contribution in [0.5, 0.6) is 0 Å². The molecule has 1 aliphatic heterocycles. The van der Waals surface area contributed by atoms with E-state index in [2.05, 4.69) is 15.2 Å². The largest absolute Gasteiger partial charge is 0.469 e. The predicted octanol–water partition coefficient (Wildman–Crippen LogP) is 2.59. The molecular weight excluding hydrogens is 452 g/mol. The number of methoxy groups -OCH3 is 2. The zero-order valence-electron chi connectivity index (χ0n) is 15.4. The number of hydrogen-bond acceptors (Lipinski definition) is 4. The number of ether oxygens (including phenoxy) is 2. The third-order valence-corrected chi connectivity index (χ3v) is 4.51. The molecule has 6 nitrogen and oxygen atoms in total. The average molecular weight is 479 g/mol. The van der Waals surface area contributed by atoms with Gasteiger partial charge in [0.25, 0.3) is 0 Å². The molecule has 1 aromatic rings. The van der Waals surface area contributed by atoms with E-state index in [1.54, 1.807) is 26.3 Å². The molecule has 8 heteroatoms. The van der Waals surface area contributed by atoms with Crippen molar-refractivity contribution in [1.82, 2.24) is 10.2 Å². The lowest BCUT2D eigenvalue weighted by Gasteiger charge is -2.33. The normalized spacial score (nSPS) is 16.6. The molecule has 0 bridgehead atoms. The SMILES string of the molecule is CN=C(NCC(OC)c1ccc(F)cc1)N1CCC(C(=O)OC)CC1.I. The van der Waals surface area contributed by atoms with Crippen molar-refractivity contribution in [2.75, 3.05) is 40.9 Å². The van der Waals surface area contributed by atoms with E-state index in [0.717, 1.165) is 37.5 Å². The van der Waals surface area contributed by atoms with E-state index in [0.29, 0.717) is 6.54 Å². The van der Waals surface area contributed by atoms with Crippen molar-refractivity contribution in [1.29, 1.82) is 0 Å². The fourth-order valence-electron chi connectivity index (χ4n) is 3.02. The smallest absolute Gasteiger partial charge is 0.308 e. The standard InChI is InChI=1S/C18H26FN3O3.HI/c1-20-18(22-10-8-14(9-11-22)17(23)25-3)21-12-16(24-2)13-4-6-15(19)7-5-13;/h4-7,14,16H,8-12H2,1-3H3,(H,20,21);1H. The number of likely N-dealkylation sites (tertiary alicyclic amines) is 1. The Labute approximate surface area is 171 Å². The average Bonchev–Trinajstić information content (AvgIpc) is 2.66. The monoisotopic (exact) mass is 479 g/mol. The number of rotatable bonds is 5. The van der Waals surface area contributed by atoms with Crippen LogP contribution in [0.1, 0.15) is 24.5 Å². The Morgan fingerprint density at radius 3 is 2.42 bits per heavy atom. The van der Waals surface area contributed by atoms with E-state index in [4.69, 9.17) is 9.47 Å². The first kappa shape index (κ1) is 22.6. The van der Waals surface area contributed by atoms with Crippen molar-refractivity contribution in [3.05, 3.63) is 35.6 Å². The number of esters is 1. The highest BCUT2D eigenvalue weighted by molar-refractivity contribution is 14.0. The Morgan fingerprint density at radius 2 is 1.92 bits per heavy atom. The zero-order valence-corrected chi connectivity index (χ0v) is 17.7. The molecule has 2 rings (SSSR count). The number of guanidine groups is 1. The maximum Gasteiger partial charge on any atom is 0.308 e. The summed E-state index contributed by atoms with van der Waals surface area (Å²) in [5, 5.41) is 3.30. The van der Waals surface area contributed by atoms with Gasteiger partial charge in [0, 0.05) is 33.8 Å². The third kappa shape index (κ3) is 6.08. The van der Waals surface area contributed by atoms with Gasteiger partial charge in [-0.25, -0.2) is 4.39 Å². The summed E-state index contributed by atoms with van der Waals surface area (Å²) in [6, 6.07) is 6.28. The second-order valence-corrected chi connectivity index (χ2v) is 5.99. The Kier molecular flexibility index (Phi) is 9.85. The first-order chi connectivity index (χ1) is 12.1. The van der Waals surface area contributed by atoms with E-state index >= 15 is 0 Å². The second kappa shape index (κ2) is 11.3. The molecule has 1 aliphatic rings. The summed E-state index contributed by atoms with van der Waals surface area (Å²) < 4.78 is 23.4. The summed E-state index contributed by atoms with van der Waals surface area (Å²) in [7, 11) is 4.78. The van der Waals surface area contributed by atoms with Gasteiger partial charge in [0.05, 0.1) is 19.1 Å². The van der Waals surface area contributed by atoms with Gasteiger partial charge < -0.3 is 19.7 Å². The van der Waals surface area contributed by atoms with E-state index in [1.165, 1.54) is 19.2 Å². The van der Waals surface area contributed by atoms with E-state index < -0.39 is 0 Å². The molecule has 1 saturated heterocycles. The number of hydrogen-bond donors (Lipinski definition) is 1. The van der Waals surface area contributed by atoms with Crippen molar-refractivity contribution in [2.24, 2.45) is 10.9 Å². The van der Waals surface area contributed by atoms with Gasteiger partial charge in [-0.05, 0) is 30.5 Å². The molecule has 1 fully saturated rings. The van der Waals surface area contributed by atoms with Crippen LogP contribution in [0.25, 0.3) is 0 Å². The van der Waals surface area contributed by atoms with E-state index in [1.807, 2.05) is 0 Å². The number of halogens is 2. The highest BCUT2D eigenvalue weighted by atomic mass is 127. The Morgan fingerprint density at radius 1 is 1.31 bits per heavy atom. The van der Waals surface area contributed by atoms with Crippen molar-refractivity contribution in [2.45, 2.75) is 18.9 Å². The van der Waals surface area contributed by atoms with Gasteiger partial charge in [0.15, 0.2) is 5.96 Å². The van der Waals surface area contributed by atoms with Crippen LogP contribution in [0, 0.1) is 11.7 Å². The predicted molar refractivity (Wildman–Crippen MR) is 109 cm³/mol. The molecule has 0 radical (unpaired) electrons. The molecule has 0 spiro atoms. The molecule has 0 amide bonds. The summed E-state index contributed by atoms with van der Waals surface area (Å²) in [5.41, 5.74) is 0.899. The van der Waals surface area contributed by atoms with Crippen molar-refractivity contribution in [3.63, 3.8) is 0 Å². The lowest BCUT2D eigenvalue weighted by Crippen LogP contribution is -2.47. The molecule has 0 saturated carbocycles. The first-order valence-electron chi connectivity index (χ1n) is 8.40. The maximum atomic E-state index is 13.1. The van der Waals surface area contributed by atoms with E-state index in [9.17, 15) is 9.18 Å². The van der Waals surface area contributed by atoms with Crippen LogP contribution in [0.3, 0.4) is 0 Å². The van der Waals surface area contributed by atoms with Crippen molar-refractivity contribution in [3.8, 4) is 0 Å². The number of piperidine rings is 1. The van der Waals surface area contributed by atoms with Gasteiger partial charge in [-0.1, -0.05) is 12.1 Å². The summed E-state index contributed by atoms with van der Waals surface area (Å²) in [4.78, 5) is 18.1. The van der Waals surface area contributed by atoms with Gasteiger partial charge in [-0.15, -0.1) is 24.0 Å². The summed E-state index contributed by atoms with van der Waals surface area (Å²) in [6.45, 7) is 2.01. The summed E-state index contributed by atoms with van der Waals surface area (Å²) in [6.07, 6.45) is 1.29. The van der Waals surface area contributed by atoms with Crippen LogP contribution in [-0.4, -0.2) is 57.7 Å². The minimum Gasteiger partial charge on any atom is -0.469 e. The maximum absolute atomic E-state index is 13.1. The van der Waals surface area contributed by atoms with Crippen molar-refractivity contribution < 1.29 is 18.7 Å². The number of carbonyl (C=O) groups excluding carboxylic acids is 1. The van der Waals surface area contributed by atoms with Crippen LogP contribution in [0.15, 0.2) is 29.3 Å². The molecule has 1 unspecified atom stereocenters. The van der Waals surface area contributed by atoms with Crippen LogP contribution >= 0.6 is 24.0 Å². The highest BCUT2D eigenvalue weighted by Crippen LogP contribution is 2.19. The van der Waals surface area contributed by atoms with Gasteiger partial charge in [-0.2, -0.15) is 0 Å². The van der Waals surface area contributed by atoms with Crippen LogP contribution in [-0.2, 0) is 14.3 Å². The molecule has 0 aliphatic carbocycles. The zero-order chi connectivity index (χ0) is 18.2. The summed E-state index contributed by atoms with van der Waals surface area (Å²) in [5.74, 6) is 0.326. The molecular formula is C18H27FIN3O3. The molecule has 1 heterocycles. The van der Waals surface area contributed by atoms with Gasteiger partial charge in [0.1, 0.15) is 5.82 Å². The number of aliphatic imine (C=N–C) groups is 1. The Balaban J connectivity index is 0.00000338. The molecule has 26 heavy (non-hydrogen) atoms. The number of carbonyl (C=O) groups is 1. The van der Waals surface area contributed by atoms with E-state index in [-0.39, 0.29) is 47.8 Å². The molecule has 1 N–H and O–H groups in total. The Hall–Kier alpha value is -1.42. The number of nitrogens with one attached hydrogen (secondary N) is 1. The van der Waals surface area contributed by atoms with Crippen LogP contribution < -0.4 is 5.32 Å². The van der Waals surface area contributed by atoms with Gasteiger partial charge in [-0.3, -0.25) is 9.79 Å². The molecule has 1 aromatic carbocycles. The summed E-state index contributed by atoms with van der Waals surface area (Å²) >= 11 is 0. The highest BCUT2D eigenvalue weighted by Gasteiger charge is 2.27. The van der Waals surface area contributed by atoms with Gasteiger partial charge in [0.2, 0.25) is 0 Å². The van der Waals surface area contributed by atoms with Crippen LogP contribution in [0.4, 0.5) is 4.39 Å². The second-order valence-electron chi connectivity index (χ2n) is 5.99. The molecule has 1 atom stereocenters. The van der Waals surface area contributed by atoms with Gasteiger partial charge >= 0.3 is 5.97 Å². The lowest BCUT2D eigenvalue weighted by atomic mass is 9.97. The minimum atomic E-state index is -0.268. The first-order valence-corrected chi connectivity index (χ1v) is 8.40.